The lowest BCUT2D eigenvalue weighted by atomic mass is 10.1. The van der Waals surface area contributed by atoms with Gasteiger partial charge in [0.1, 0.15) is 5.75 Å². The molecule has 3 aromatic rings. The van der Waals surface area contributed by atoms with Gasteiger partial charge in [0.05, 0.1) is 37.1 Å². The predicted octanol–water partition coefficient (Wildman–Crippen LogP) is 0.658. The predicted molar refractivity (Wildman–Crippen MR) is 108 cm³/mol. The molecule has 0 spiro atoms. The van der Waals surface area contributed by atoms with Crippen molar-refractivity contribution in [2.24, 2.45) is 0 Å². The van der Waals surface area contributed by atoms with E-state index in [-0.39, 0.29) is 30.3 Å². The maximum atomic E-state index is 12.8. The topological polar surface area (TPSA) is 129 Å². The van der Waals surface area contributed by atoms with E-state index in [0.29, 0.717) is 22.7 Å². The molecule has 1 aliphatic rings. The van der Waals surface area contributed by atoms with Crippen LogP contribution in [0.5, 0.6) is 11.7 Å². The number of nitrogens with one attached hydrogen (secondary N) is 1. The van der Waals surface area contributed by atoms with Gasteiger partial charge < -0.3 is 14.4 Å². The van der Waals surface area contributed by atoms with Gasteiger partial charge in [-0.2, -0.15) is 0 Å². The van der Waals surface area contributed by atoms with Gasteiger partial charge in [-0.15, -0.1) is 0 Å². The molecule has 1 N–H and O–H groups in total. The van der Waals surface area contributed by atoms with Gasteiger partial charge in [0.15, 0.2) is 11.7 Å². The summed E-state index contributed by atoms with van der Waals surface area (Å²) in [5, 5.41) is 18.9. The number of amides is 2. The van der Waals surface area contributed by atoms with Crippen molar-refractivity contribution in [3.63, 3.8) is 0 Å². The molecule has 10 nitrogen and oxygen atoms in total. The van der Waals surface area contributed by atoms with Crippen LogP contribution in [-0.2, 0) is 16.1 Å². The summed E-state index contributed by atoms with van der Waals surface area (Å²) in [7, 11) is 1.55. The summed E-state index contributed by atoms with van der Waals surface area (Å²) < 4.78 is 11.2. The fraction of sp³-hybridized carbons (Fsp3) is 0.227. The minimum Gasteiger partial charge on any atom is -0.539 e. The number of hydrogen-bond donors (Lipinski definition) is 1. The monoisotopic (exact) mass is 436 g/mol. The first-order valence-corrected chi connectivity index (χ1v) is 9.82. The van der Waals surface area contributed by atoms with Crippen molar-refractivity contribution in [2.75, 3.05) is 12.0 Å². The van der Waals surface area contributed by atoms with E-state index >= 15 is 0 Å². The van der Waals surface area contributed by atoms with Crippen LogP contribution in [0, 0.1) is 0 Å². The van der Waals surface area contributed by atoms with Crippen molar-refractivity contribution in [2.45, 2.75) is 25.9 Å². The Hall–Kier alpha value is -4.05. The molecule has 32 heavy (non-hydrogen) atoms. The number of imide groups is 1. The Bertz CT molecular complexity index is 1170. The Morgan fingerprint density at radius 2 is 1.91 bits per heavy atom. The molecule has 1 atom stereocenters. The quantitative estimate of drug-likeness (QED) is 0.325. The molecule has 1 unspecified atom stereocenters. The van der Waals surface area contributed by atoms with Crippen LogP contribution in [0.1, 0.15) is 29.4 Å². The number of anilines is 1. The van der Waals surface area contributed by atoms with Crippen molar-refractivity contribution in [1.29, 1.82) is 0 Å². The molecule has 0 radical (unpaired) electrons. The lowest BCUT2D eigenvalue weighted by Gasteiger charge is -2.15. The Kier molecular flexibility index (Phi) is 5.69. The van der Waals surface area contributed by atoms with Crippen LogP contribution in [-0.4, -0.2) is 36.0 Å². The number of aromatic nitrogens is 2. The first kappa shape index (κ1) is 21.2. The zero-order chi connectivity index (χ0) is 22.8. The van der Waals surface area contributed by atoms with Crippen LogP contribution in [0.15, 0.2) is 53.1 Å². The number of benzene rings is 2. The average Bonchev–Trinajstić information content (AvgIpc) is 3.30. The van der Waals surface area contributed by atoms with E-state index in [1.165, 1.54) is 11.6 Å². The van der Waals surface area contributed by atoms with Gasteiger partial charge in [-0.3, -0.25) is 19.7 Å². The normalized spacial score (nSPS) is 15.9. The standard InChI is InChI=1S/C22H20N4O6/c1-13(27)14-3-5-15(6-4-14)25-20(28)11-18(21(25)29)23-12-19-22(30)32-24-26(19)16-7-9-17(31-2)10-8-16/h3-10,18,23H,11-12H2,1-2H3. The molecule has 4 rings (SSSR count). The number of nitrogens with zero attached hydrogens (tertiary/aromatic N) is 3. The summed E-state index contributed by atoms with van der Waals surface area (Å²) in [4.78, 5) is 37.8. The maximum Gasteiger partial charge on any atom is 0.253 e. The van der Waals surface area contributed by atoms with Gasteiger partial charge in [-0.1, -0.05) is 0 Å². The number of Topliss-reactive ketones (excluding diaryl/α,β-unsaturated/α-hetero) is 1. The highest BCUT2D eigenvalue weighted by atomic mass is 16.6. The lowest BCUT2D eigenvalue weighted by molar-refractivity contribution is -0.677. The number of methoxy groups -OCH3 is 1. The first-order valence-electron chi connectivity index (χ1n) is 9.82. The Morgan fingerprint density at radius 3 is 2.53 bits per heavy atom. The van der Waals surface area contributed by atoms with E-state index in [0.717, 1.165) is 4.90 Å². The minimum atomic E-state index is -0.811. The molecule has 2 heterocycles. The minimum absolute atomic E-state index is 0.0326. The number of carbonyl (C=O) groups excluding carboxylic acids is 3. The van der Waals surface area contributed by atoms with Crippen LogP contribution in [0.2, 0.25) is 0 Å². The van der Waals surface area contributed by atoms with Crippen molar-refractivity contribution in [3.05, 3.63) is 59.8 Å². The number of rotatable bonds is 7. The zero-order valence-corrected chi connectivity index (χ0v) is 17.4. The van der Waals surface area contributed by atoms with E-state index < -0.39 is 17.9 Å². The van der Waals surface area contributed by atoms with Crippen LogP contribution in [0.4, 0.5) is 5.69 Å². The van der Waals surface area contributed by atoms with Gasteiger partial charge in [-0.05, 0) is 48.0 Å². The van der Waals surface area contributed by atoms with E-state index in [4.69, 9.17) is 9.26 Å². The second kappa shape index (κ2) is 8.60. The van der Waals surface area contributed by atoms with E-state index in [2.05, 4.69) is 10.6 Å². The van der Waals surface area contributed by atoms with E-state index in [1.54, 1.807) is 55.6 Å². The Labute approximate surface area is 183 Å². The van der Waals surface area contributed by atoms with Gasteiger partial charge in [-0.25, -0.2) is 4.90 Å². The second-order valence-electron chi connectivity index (χ2n) is 7.22. The highest BCUT2D eigenvalue weighted by Gasteiger charge is 2.40. The van der Waals surface area contributed by atoms with Gasteiger partial charge in [0, 0.05) is 17.7 Å². The summed E-state index contributed by atoms with van der Waals surface area (Å²) in [5.41, 5.74) is 1.63. The molecule has 1 saturated heterocycles. The van der Waals surface area contributed by atoms with Crippen LogP contribution in [0.3, 0.4) is 0 Å². The molecule has 0 saturated carbocycles. The first-order chi connectivity index (χ1) is 15.4. The number of carbonyl (C=O) groups is 3. The second-order valence-corrected chi connectivity index (χ2v) is 7.22. The summed E-state index contributed by atoms with van der Waals surface area (Å²) in [5.74, 6) is -0.931. The third kappa shape index (κ3) is 3.95. The highest BCUT2D eigenvalue weighted by molar-refractivity contribution is 6.22. The van der Waals surface area contributed by atoms with E-state index in [9.17, 15) is 19.5 Å². The Balaban J connectivity index is 1.49. The molecular formula is C22H20N4O6. The summed E-state index contributed by atoms with van der Waals surface area (Å²) in [6, 6.07) is 12.3. The maximum absolute atomic E-state index is 12.8. The van der Waals surface area contributed by atoms with Gasteiger partial charge in [0.2, 0.25) is 11.6 Å². The van der Waals surface area contributed by atoms with Crippen molar-refractivity contribution in [1.82, 2.24) is 10.6 Å². The molecule has 2 amide bonds. The largest absolute Gasteiger partial charge is 0.539 e. The van der Waals surface area contributed by atoms with Crippen LogP contribution < -0.4 is 24.7 Å². The van der Waals surface area contributed by atoms with Crippen LogP contribution in [0.25, 0.3) is 5.69 Å². The molecule has 10 heteroatoms. The Morgan fingerprint density at radius 1 is 1.22 bits per heavy atom. The molecule has 0 bridgehead atoms. The van der Waals surface area contributed by atoms with Gasteiger partial charge >= 0.3 is 0 Å². The third-order valence-corrected chi connectivity index (χ3v) is 5.21. The molecule has 164 valence electrons. The van der Waals surface area contributed by atoms with Crippen molar-refractivity contribution in [3.8, 4) is 17.4 Å². The van der Waals surface area contributed by atoms with Gasteiger partial charge in [0.25, 0.3) is 11.6 Å². The smallest absolute Gasteiger partial charge is 0.253 e. The molecular weight excluding hydrogens is 416 g/mol. The molecule has 1 aromatic heterocycles. The fourth-order valence-corrected chi connectivity index (χ4v) is 3.47. The number of ether oxygens (including phenoxy) is 1. The molecule has 2 aromatic carbocycles. The molecule has 0 aliphatic carbocycles. The summed E-state index contributed by atoms with van der Waals surface area (Å²) in [6.07, 6.45) is -0.0602. The molecule has 1 aliphatic heterocycles. The zero-order valence-electron chi connectivity index (χ0n) is 17.4. The SMILES string of the molecule is COc1ccc(-[n+]2noc([O-])c2CNC2CC(=O)N(c3ccc(C(C)=O)cc3)C2=O)cc1. The fourth-order valence-electron chi connectivity index (χ4n) is 3.47. The third-order valence-electron chi connectivity index (χ3n) is 5.21. The van der Waals surface area contributed by atoms with Crippen molar-refractivity contribution < 1.29 is 33.4 Å². The van der Waals surface area contributed by atoms with Crippen molar-refractivity contribution >= 4 is 23.3 Å². The number of hydrogen-bond acceptors (Lipinski definition) is 8. The summed E-state index contributed by atoms with van der Waals surface area (Å²) >= 11 is 0. The summed E-state index contributed by atoms with van der Waals surface area (Å²) in [6.45, 7) is 1.41. The number of ketones is 1. The molecule has 1 fully saturated rings. The lowest BCUT2D eigenvalue weighted by Crippen LogP contribution is -2.43. The van der Waals surface area contributed by atoms with Crippen LogP contribution >= 0.6 is 0 Å². The van der Waals surface area contributed by atoms with E-state index in [1.807, 2.05) is 0 Å². The highest BCUT2D eigenvalue weighted by Crippen LogP contribution is 2.24. The average molecular weight is 436 g/mol.